The van der Waals surface area contributed by atoms with Gasteiger partial charge in [-0.05, 0) is 55.2 Å². The molecule has 1 aromatic carbocycles. The van der Waals surface area contributed by atoms with Gasteiger partial charge in [0, 0.05) is 44.7 Å². The Morgan fingerprint density at radius 2 is 1.79 bits per heavy atom. The third-order valence-electron chi connectivity index (χ3n) is 7.94. The number of anilines is 1. The maximum atomic E-state index is 13.4. The molecule has 1 aliphatic carbocycles. The zero-order valence-corrected chi connectivity index (χ0v) is 20.4. The van der Waals surface area contributed by atoms with Gasteiger partial charge >= 0.3 is 0 Å². The number of methoxy groups -OCH3 is 2. The summed E-state index contributed by atoms with van der Waals surface area (Å²) >= 11 is 0. The molecule has 1 saturated carbocycles. The number of amides is 1. The quantitative estimate of drug-likeness (QED) is 0.641. The summed E-state index contributed by atoms with van der Waals surface area (Å²) in [7, 11) is 5.38. The predicted octanol–water partition coefficient (Wildman–Crippen LogP) is 3.52. The van der Waals surface area contributed by atoms with Crippen molar-refractivity contribution in [1.29, 1.82) is 0 Å². The molecule has 184 valence electrons. The first kappa shape index (κ1) is 23.2. The third kappa shape index (κ3) is 4.07. The summed E-state index contributed by atoms with van der Waals surface area (Å²) < 4.78 is 22.7. The molecule has 3 heterocycles. The Hall–Kier alpha value is -2.58. The van der Waals surface area contributed by atoms with Crippen LogP contribution in [0.25, 0.3) is 10.9 Å². The van der Waals surface area contributed by atoms with Crippen molar-refractivity contribution in [3.8, 4) is 11.5 Å². The van der Waals surface area contributed by atoms with Gasteiger partial charge in [0.25, 0.3) is 0 Å². The van der Waals surface area contributed by atoms with E-state index in [-0.39, 0.29) is 42.8 Å². The molecule has 6 atom stereocenters. The first-order chi connectivity index (χ1) is 16.6. The minimum absolute atomic E-state index is 0.000150. The standard InChI is InChI=1S/C26H35N3O5/c1-5-6-19-17-11-22(32-4)21(31-3)10-16(17)18(26(30)29-19)8-15-7-14-9-23-24(34-13-33-23)12-20(14)28-25(15)27-2/h7,9,12,16-19,21-22H,5-6,8,10-11,13H2,1-4H3,(H,27,28)(H,29,30). The molecular weight excluding hydrogens is 434 g/mol. The number of rotatable bonds is 7. The Labute approximate surface area is 200 Å². The van der Waals surface area contributed by atoms with E-state index in [9.17, 15) is 4.79 Å². The number of hydrogen-bond donors (Lipinski definition) is 2. The van der Waals surface area contributed by atoms with Gasteiger partial charge in [0.1, 0.15) is 5.82 Å². The number of hydrogen-bond acceptors (Lipinski definition) is 7. The summed E-state index contributed by atoms with van der Waals surface area (Å²) in [4.78, 5) is 18.3. The highest BCUT2D eigenvalue weighted by atomic mass is 16.7. The Balaban J connectivity index is 1.48. The van der Waals surface area contributed by atoms with Crippen molar-refractivity contribution in [1.82, 2.24) is 10.3 Å². The normalized spacial score (nSPS) is 30.2. The highest BCUT2D eigenvalue weighted by molar-refractivity contribution is 5.86. The monoisotopic (exact) mass is 469 g/mol. The lowest BCUT2D eigenvalue weighted by atomic mass is 9.63. The third-order valence-corrected chi connectivity index (χ3v) is 7.94. The smallest absolute Gasteiger partial charge is 0.231 e. The number of carbonyl (C=O) groups is 1. The van der Waals surface area contributed by atoms with Crippen molar-refractivity contribution in [2.45, 2.75) is 57.3 Å². The van der Waals surface area contributed by atoms with Gasteiger partial charge < -0.3 is 29.6 Å². The maximum absolute atomic E-state index is 13.4. The van der Waals surface area contributed by atoms with Gasteiger partial charge in [-0.1, -0.05) is 13.3 Å². The number of aromatic nitrogens is 1. The van der Waals surface area contributed by atoms with E-state index in [0.717, 1.165) is 53.7 Å². The van der Waals surface area contributed by atoms with Crippen LogP contribution < -0.4 is 20.1 Å². The van der Waals surface area contributed by atoms with E-state index in [1.54, 1.807) is 14.2 Å². The summed E-state index contributed by atoms with van der Waals surface area (Å²) in [6, 6.07) is 6.20. The van der Waals surface area contributed by atoms with Gasteiger partial charge in [0.05, 0.1) is 17.7 Å². The van der Waals surface area contributed by atoms with Crippen molar-refractivity contribution in [3.63, 3.8) is 0 Å². The maximum Gasteiger partial charge on any atom is 0.231 e. The number of benzene rings is 1. The van der Waals surface area contributed by atoms with E-state index < -0.39 is 0 Å². The van der Waals surface area contributed by atoms with Crippen LogP contribution in [0.15, 0.2) is 18.2 Å². The van der Waals surface area contributed by atoms with Crippen molar-refractivity contribution in [2.24, 2.45) is 17.8 Å². The molecule has 8 nitrogen and oxygen atoms in total. The Kier molecular flexibility index (Phi) is 6.53. The molecule has 8 heteroatoms. The summed E-state index contributed by atoms with van der Waals surface area (Å²) in [6.45, 7) is 2.40. The number of fused-ring (bicyclic) bond motifs is 3. The largest absolute Gasteiger partial charge is 0.454 e. The van der Waals surface area contributed by atoms with Crippen LogP contribution >= 0.6 is 0 Å². The number of ether oxygens (including phenoxy) is 4. The zero-order chi connectivity index (χ0) is 23.8. The van der Waals surface area contributed by atoms with Gasteiger partial charge in [0.15, 0.2) is 11.5 Å². The molecule has 3 aliphatic rings. The van der Waals surface area contributed by atoms with Crippen molar-refractivity contribution >= 4 is 22.6 Å². The van der Waals surface area contributed by atoms with Crippen LogP contribution in [0, 0.1) is 17.8 Å². The van der Waals surface area contributed by atoms with Crippen LogP contribution in [0.1, 0.15) is 38.2 Å². The van der Waals surface area contributed by atoms with E-state index in [4.69, 9.17) is 23.9 Å². The van der Waals surface area contributed by atoms with Gasteiger partial charge in [-0.25, -0.2) is 4.98 Å². The Morgan fingerprint density at radius 1 is 1.09 bits per heavy atom. The van der Waals surface area contributed by atoms with E-state index >= 15 is 0 Å². The second-order valence-electron chi connectivity index (χ2n) is 9.71. The molecule has 0 bridgehead atoms. The predicted molar refractivity (Wildman–Crippen MR) is 129 cm³/mol. The van der Waals surface area contributed by atoms with E-state index in [1.165, 1.54) is 0 Å². The first-order valence-corrected chi connectivity index (χ1v) is 12.3. The molecule has 0 radical (unpaired) electrons. The van der Waals surface area contributed by atoms with Gasteiger partial charge in [-0.3, -0.25) is 4.79 Å². The second kappa shape index (κ2) is 9.58. The molecule has 2 aromatic rings. The van der Waals surface area contributed by atoms with E-state index in [0.29, 0.717) is 18.1 Å². The topological polar surface area (TPSA) is 90.9 Å². The lowest BCUT2D eigenvalue weighted by Gasteiger charge is -2.49. The number of nitrogens with zero attached hydrogens (tertiary/aromatic N) is 1. The highest BCUT2D eigenvalue weighted by Gasteiger charge is 2.49. The van der Waals surface area contributed by atoms with E-state index in [2.05, 4.69) is 23.6 Å². The first-order valence-electron chi connectivity index (χ1n) is 12.3. The fourth-order valence-corrected chi connectivity index (χ4v) is 6.26. The fraction of sp³-hybridized carbons (Fsp3) is 0.615. The van der Waals surface area contributed by atoms with Crippen LogP contribution in [0.2, 0.25) is 0 Å². The van der Waals surface area contributed by atoms with Crippen LogP contribution in [-0.2, 0) is 20.7 Å². The zero-order valence-electron chi connectivity index (χ0n) is 20.4. The van der Waals surface area contributed by atoms with E-state index in [1.807, 2.05) is 19.2 Å². The van der Waals surface area contributed by atoms with Crippen LogP contribution in [0.4, 0.5) is 5.82 Å². The van der Waals surface area contributed by atoms with Crippen molar-refractivity contribution in [2.75, 3.05) is 33.4 Å². The summed E-state index contributed by atoms with van der Waals surface area (Å²) in [5, 5.41) is 7.58. The highest BCUT2D eigenvalue weighted by Crippen LogP contribution is 2.45. The van der Waals surface area contributed by atoms with Crippen molar-refractivity contribution in [3.05, 3.63) is 23.8 Å². The molecule has 2 aliphatic heterocycles. The molecule has 6 unspecified atom stereocenters. The minimum atomic E-state index is -0.145. The molecule has 34 heavy (non-hydrogen) atoms. The summed E-state index contributed by atoms with van der Waals surface area (Å²) in [5.41, 5.74) is 1.87. The van der Waals surface area contributed by atoms with Gasteiger partial charge in [-0.15, -0.1) is 0 Å². The molecule has 2 fully saturated rings. The Morgan fingerprint density at radius 3 is 2.47 bits per heavy atom. The molecule has 5 rings (SSSR count). The van der Waals surface area contributed by atoms with Crippen molar-refractivity contribution < 1.29 is 23.7 Å². The summed E-state index contributed by atoms with van der Waals surface area (Å²) in [5.74, 6) is 2.84. The van der Waals surface area contributed by atoms with Crippen LogP contribution in [0.5, 0.6) is 11.5 Å². The number of pyridine rings is 1. The number of carbonyl (C=O) groups excluding carboxylic acids is 1. The number of piperidine rings is 1. The lowest BCUT2D eigenvalue weighted by molar-refractivity contribution is -0.144. The fourth-order valence-electron chi connectivity index (χ4n) is 6.26. The average Bonchev–Trinajstić information content (AvgIpc) is 3.30. The SMILES string of the molecule is CCCC1NC(=O)C(Cc2cc3cc4c(cc3nc2NC)OCO4)C2CC(OC)C(OC)CC12. The molecular formula is C26H35N3O5. The molecule has 1 saturated heterocycles. The minimum Gasteiger partial charge on any atom is -0.454 e. The van der Waals surface area contributed by atoms with Crippen LogP contribution in [0.3, 0.4) is 0 Å². The molecule has 1 aromatic heterocycles. The number of nitrogens with one attached hydrogen (secondary N) is 2. The van der Waals surface area contributed by atoms with Gasteiger partial charge in [0.2, 0.25) is 12.7 Å². The second-order valence-corrected chi connectivity index (χ2v) is 9.71. The molecule has 0 spiro atoms. The lowest BCUT2D eigenvalue weighted by Crippen LogP contribution is -2.59. The van der Waals surface area contributed by atoms with Gasteiger partial charge in [-0.2, -0.15) is 0 Å². The average molecular weight is 470 g/mol. The summed E-state index contributed by atoms with van der Waals surface area (Å²) in [6.07, 6.45) is 4.43. The molecule has 2 N–H and O–H groups in total. The molecule has 1 amide bonds. The van der Waals surface area contributed by atoms with Crippen LogP contribution in [-0.4, -0.2) is 57.2 Å². The Bertz CT molecular complexity index is 1060.